The second kappa shape index (κ2) is 10.3. The molecule has 172 valence electrons. The minimum Gasteiger partial charge on any atom is -0.469 e. The summed E-state index contributed by atoms with van der Waals surface area (Å²) >= 11 is 0. The first-order valence-electron chi connectivity index (χ1n) is 10.5. The molecule has 1 saturated carbocycles. The van der Waals surface area contributed by atoms with Gasteiger partial charge in [0.15, 0.2) is 5.82 Å². The fraction of sp³-hybridized carbons (Fsp3) is 0.455. The molecule has 1 aromatic carbocycles. The van der Waals surface area contributed by atoms with Crippen molar-refractivity contribution in [1.82, 2.24) is 14.9 Å². The van der Waals surface area contributed by atoms with Crippen LogP contribution < -0.4 is 10.6 Å². The van der Waals surface area contributed by atoms with E-state index >= 15 is 0 Å². The van der Waals surface area contributed by atoms with Crippen LogP contribution in [0.1, 0.15) is 44.2 Å². The zero-order valence-electron chi connectivity index (χ0n) is 17.9. The van der Waals surface area contributed by atoms with Crippen molar-refractivity contribution in [1.29, 1.82) is 0 Å². The number of methoxy groups -OCH3 is 1. The van der Waals surface area contributed by atoms with Gasteiger partial charge in [0.2, 0.25) is 11.8 Å². The number of rotatable bonds is 9. The molecule has 1 aromatic heterocycles. The van der Waals surface area contributed by atoms with Gasteiger partial charge in [-0.15, -0.1) is 0 Å². The van der Waals surface area contributed by atoms with Crippen LogP contribution in [0.25, 0.3) is 0 Å². The van der Waals surface area contributed by atoms with Crippen molar-refractivity contribution in [3.05, 3.63) is 47.9 Å². The average molecular weight is 448 g/mol. The van der Waals surface area contributed by atoms with Crippen LogP contribution >= 0.6 is 0 Å². The number of carbonyl (C=O) groups is 3. The Balaban J connectivity index is 1.60. The molecule has 1 aliphatic rings. The zero-order chi connectivity index (χ0) is 23.3. The molecule has 0 saturated heterocycles. The first-order chi connectivity index (χ1) is 15.3. The van der Waals surface area contributed by atoms with Crippen LogP contribution in [0, 0.1) is 17.6 Å². The van der Waals surface area contributed by atoms with Crippen LogP contribution in [-0.4, -0.2) is 40.5 Å². The largest absolute Gasteiger partial charge is 0.469 e. The number of nitrogens with zero attached hydrogens (tertiary/aromatic N) is 2. The molecule has 1 aliphatic carbocycles. The van der Waals surface area contributed by atoms with E-state index in [4.69, 9.17) is 4.74 Å². The van der Waals surface area contributed by atoms with Crippen molar-refractivity contribution in [3.63, 3.8) is 0 Å². The van der Waals surface area contributed by atoms with Gasteiger partial charge < -0.3 is 19.9 Å². The molecule has 1 fully saturated rings. The van der Waals surface area contributed by atoms with Crippen LogP contribution in [0.5, 0.6) is 0 Å². The quantitative estimate of drug-likeness (QED) is 0.575. The molecular formula is C22H26F2N4O4. The number of halogens is 2. The number of amides is 2. The Hall–Kier alpha value is -3.30. The molecule has 32 heavy (non-hydrogen) atoms. The van der Waals surface area contributed by atoms with E-state index in [1.54, 1.807) is 17.1 Å². The molecule has 8 nitrogen and oxygen atoms in total. The highest BCUT2D eigenvalue weighted by Gasteiger charge is 2.38. The number of aromatic nitrogens is 2. The minimum absolute atomic E-state index is 0.0709. The number of nitrogens with one attached hydrogen (secondary N) is 2. The summed E-state index contributed by atoms with van der Waals surface area (Å²) in [6.45, 7) is 1.87. The van der Waals surface area contributed by atoms with Gasteiger partial charge in [-0.3, -0.25) is 14.4 Å². The van der Waals surface area contributed by atoms with Crippen molar-refractivity contribution < 1.29 is 27.9 Å². The third kappa shape index (κ3) is 5.68. The lowest BCUT2D eigenvalue weighted by Gasteiger charge is -2.34. The van der Waals surface area contributed by atoms with Gasteiger partial charge in [-0.2, -0.15) is 0 Å². The third-order valence-corrected chi connectivity index (χ3v) is 5.49. The fourth-order valence-corrected chi connectivity index (χ4v) is 3.76. The van der Waals surface area contributed by atoms with Crippen molar-refractivity contribution in [3.8, 4) is 0 Å². The minimum atomic E-state index is -0.831. The van der Waals surface area contributed by atoms with E-state index in [-0.39, 0.29) is 29.9 Å². The maximum atomic E-state index is 13.3. The number of esters is 1. The lowest BCUT2D eigenvalue weighted by molar-refractivity contribution is -0.150. The molecule has 0 bridgehead atoms. The number of ether oxygens (including phenoxy) is 1. The van der Waals surface area contributed by atoms with Gasteiger partial charge in [0.05, 0.1) is 25.8 Å². The van der Waals surface area contributed by atoms with E-state index in [9.17, 15) is 23.2 Å². The molecule has 3 atom stereocenters. The van der Waals surface area contributed by atoms with Gasteiger partial charge in [-0.05, 0) is 37.0 Å². The molecule has 0 spiro atoms. The fourth-order valence-electron chi connectivity index (χ4n) is 3.76. The second-order valence-electron chi connectivity index (χ2n) is 7.83. The summed E-state index contributed by atoms with van der Waals surface area (Å²) < 4.78 is 33.3. The Kier molecular flexibility index (Phi) is 7.55. The monoisotopic (exact) mass is 448 g/mol. The maximum absolute atomic E-state index is 13.3. The van der Waals surface area contributed by atoms with Crippen LogP contribution in [0.4, 0.5) is 14.6 Å². The van der Waals surface area contributed by atoms with Gasteiger partial charge in [0.25, 0.3) is 0 Å². The highest BCUT2D eigenvalue weighted by Crippen LogP contribution is 2.39. The molecule has 2 aromatic rings. The number of hydrogen-bond acceptors (Lipinski definition) is 5. The third-order valence-electron chi connectivity index (χ3n) is 5.49. The summed E-state index contributed by atoms with van der Waals surface area (Å²) in [6.07, 6.45) is 5.47. The van der Waals surface area contributed by atoms with Crippen LogP contribution in [0.15, 0.2) is 30.7 Å². The van der Waals surface area contributed by atoms with Gasteiger partial charge >= 0.3 is 5.97 Å². The number of carbonyl (C=O) groups excluding carboxylic acids is 3. The van der Waals surface area contributed by atoms with Gasteiger partial charge in [0.1, 0.15) is 17.7 Å². The van der Waals surface area contributed by atoms with E-state index in [1.165, 1.54) is 7.11 Å². The van der Waals surface area contributed by atoms with E-state index < -0.39 is 29.5 Å². The molecule has 2 amide bonds. The molecule has 10 heteroatoms. The maximum Gasteiger partial charge on any atom is 0.310 e. The van der Waals surface area contributed by atoms with Gasteiger partial charge in [-0.25, -0.2) is 13.8 Å². The normalized spacial score (nSPS) is 18.4. The van der Waals surface area contributed by atoms with Gasteiger partial charge in [0, 0.05) is 18.3 Å². The van der Waals surface area contributed by atoms with Crippen molar-refractivity contribution >= 4 is 23.6 Å². The lowest BCUT2D eigenvalue weighted by atomic mass is 9.79. The first kappa shape index (κ1) is 23.4. The van der Waals surface area contributed by atoms with Crippen molar-refractivity contribution in [2.24, 2.45) is 5.92 Å². The predicted octanol–water partition coefficient (Wildman–Crippen LogP) is 2.75. The smallest absolute Gasteiger partial charge is 0.310 e. The summed E-state index contributed by atoms with van der Waals surface area (Å²) in [6, 6.07) is 1.98. The van der Waals surface area contributed by atoms with E-state index in [2.05, 4.69) is 15.6 Å². The molecule has 3 unspecified atom stereocenters. The SMILES string of the molecule is CCCC(NC(=O)Cc1cc(F)cc(F)c1)C(=O)Nc1cn(C2CCC2C(=O)OC)cn1. The predicted molar refractivity (Wildman–Crippen MR) is 112 cm³/mol. The highest BCUT2D eigenvalue weighted by molar-refractivity contribution is 5.96. The molecular weight excluding hydrogens is 422 g/mol. The molecule has 2 N–H and O–H groups in total. The molecule has 1 heterocycles. The summed E-state index contributed by atoms with van der Waals surface area (Å²) in [5.41, 5.74) is 0.176. The first-order valence-corrected chi connectivity index (χ1v) is 10.5. The number of benzene rings is 1. The Morgan fingerprint density at radius 2 is 1.94 bits per heavy atom. The van der Waals surface area contributed by atoms with Crippen LogP contribution in [0.3, 0.4) is 0 Å². The molecule has 0 aliphatic heterocycles. The Morgan fingerprint density at radius 3 is 2.53 bits per heavy atom. The number of anilines is 1. The standard InChI is InChI=1S/C22H26F2N4O4/c1-3-4-17(26-20(29)9-13-7-14(23)10-15(24)8-13)21(30)27-19-11-28(12-25-19)18-6-5-16(18)22(31)32-2/h7-8,10-12,16-18H,3-6,9H2,1-2H3,(H,26,29)(H,27,30). The highest BCUT2D eigenvalue weighted by atomic mass is 19.1. The molecule has 0 radical (unpaired) electrons. The summed E-state index contributed by atoms with van der Waals surface area (Å²) in [5, 5.41) is 5.29. The summed E-state index contributed by atoms with van der Waals surface area (Å²) in [7, 11) is 1.35. The summed E-state index contributed by atoms with van der Waals surface area (Å²) in [4.78, 5) is 41.0. The second-order valence-corrected chi connectivity index (χ2v) is 7.83. The van der Waals surface area contributed by atoms with Crippen LogP contribution in [0.2, 0.25) is 0 Å². The Morgan fingerprint density at radius 1 is 1.22 bits per heavy atom. The number of imidazole rings is 1. The number of hydrogen-bond donors (Lipinski definition) is 2. The van der Waals surface area contributed by atoms with E-state index in [1.807, 2.05) is 6.92 Å². The lowest BCUT2D eigenvalue weighted by Crippen LogP contribution is -2.44. The van der Waals surface area contributed by atoms with Crippen LogP contribution in [-0.2, 0) is 25.5 Å². The Bertz CT molecular complexity index is 974. The average Bonchev–Trinajstić information content (AvgIpc) is 3.13. The Labute approximate surface area is 184 Å². The summed E-state index contributed by atoms with van der Waals surface area (Å²) in [5.74, 6) is -2.73. The van der Waals surface area contributed by atoms with Gasteiger partial charge in [-0.1, -0.05) is 13.3 Å². The van der Waals surface area contributed by atoms with E-state index in [0.717, 1.165) is 31.0 Å². The van der Waals surface area contributed by atoms with E-state index in [0.29, 0.717) is 18.7 Å². The van der Waals surface area contributed by atoms with Crippen molar-refractivity contribution in [2.45, 2.75) is 51.1 Å². The topological polar surface area (TPSA) is 102 Å². The van der Waals surface area contributed by atoms with Crippen molar-refractivity contribution in [2.75, 3.05) is 12.4 Å². The zero-order valence-corrected chi connectivity index (χ0v) is 17.9. The molecule has 3 rings (SSSR count).